The highest BCUT2D eigenvalue weighted by Crippen LogP contribution is 2.32. The van der Waals surface area contributed by atoms with Crippen molar-refractivity contribution in [2.75, 3.05) is 25.5 Å². The minimum atomic E-state index is -0.820. The average Bonchev–Trinajstić information content (AvgIpc) is 3.70. The predicted molar refractivity (Wildman–Crippen MR) is 173 cm³/mol. The molecule has 0 aliphatic carbocycles. The summed E-state index contributed by atoms with van der Waals surface area (Å²) in [5.74, 6) is -0.253. The van der Waals surface area contributed by atoms with Crippen LogP contribution in [0, 0.1) is 5.41 Å². The number of tetrazole rings is 1. The van der Waals surface area contributed by atoms with Crippen LogP contribution in [0.25, 0.3) is 23.0 Å². The third-order valence-electron chi connectivity index (χ3n) is 7.55. The third-order valence-corrected chi connectivity index (χ3v) is 8.05. The van der Waals surface area contributed by atoms with E-state index in [4.69, 9.17) is 28.2 Å². The number of imidazole rings is 1. The number of nitrogens with one attached hydrogen (secondary N) is 3. The van der Waals surface area contributed by atoms with Gasteiger partial charge in [0.25, 0.3) is 0 Å². The number of likely N-dealkylation sites (tertiary alicyclic amines) is 1. The Bertz CT molecular complexity index is 1740. The summed E-state index contributed by atoms with van der Waals surface area (Å²) in [5, 5.41) is 17.5. The van der Waals surface area contributed by atoms with Gasteiger partial charge in [-0.3, -0.25) is 14.9 Å². The molecule has 3 heterocycles. The molecule has 1 saturated heterocycles. The van der Waals surface area contributed by atoms with Gasteiger partial charge in [0.15, 0.2) is 0 Å². The molecule has 1 fully saturated rings. The van der Waals surface area contributed by atoms with E-state index in [1.165, 1.54) is 24.2 Å². The van der Waals surface area contributed by atoms with Gasteiger partial charge in [-0.05, 0) is 65.1 Å². The van der Waals surface area contributed by atoms with E-state index in [1.807, 2.05) is 4.90 Å². The Hall–Kier alpha value is -4.75. The number of carbonyl (C=O) groups is 3. The lowest BCUT2D eigenvalue weighted by atomic mass is 9.84. The number of nitrogens with zero attached hydrogens (tertiary/aromatic N) is 6. The Balaban J connectivity index is 1.40. The number of amides is 3. The Morgan fingerprint density at radius 2 is 1.93 bits per heavy atom. The first kappa shape index (κ1) is 32.6. The molecule has 5 rings (SSSR count). The molecular weight excluding hydrogens is 633 g/mol. The van der Waals surface area contributed by atoms with E-state index < -0.39 is 18.0 Å². The van der Waals surface area contributed by atoms with Crippen LogP contribution in [0.2, 0.25) is 10.2 Å². The number of aromatic amines is 1. The summed E-state index contributed by atoms with van der Waals surface area (Å²) >= 11 is 12.8. The fourth-order valence-corrected chi connectivity index (χ4v) is 5.71. The van der Waals surface area contributed by atoms with Gasteiger partial charge in [-0.25, -0.2) is 9.78 Å². The molecule has 0 radical (unpaired) electrons. The Labute approximate surface area is 275 Å². The first-order chi connectivity index (χ1) is 22.0. The van der Waals surface area contributed by atoms with E-state index in [9.17, 15) is 14.4 Å². The summed E-state index contributed by atoms with van der Waals surface area (Å²) in [7, 11) is 1.28. The Morgan fingerprint density at radius 3 is 2.63 bits per heavy atom. The number of benzene rings is 2. The van der Waals surface area contributed by atoms with Gasteiger partial charge < -0.3 is 19.9 Å². The quantitative estimate of drug-likeness (QED) is 0.199. The van der Waals surface area contributed by atoms with E-state index in [1.54, 1.807) is 48.5 Å². The predicted octanol–water partition coefficient (Wildman–Crippen LogP) is 5.45. The molecule has 1 atom stereocenters. The van der Waals surface area contributed by atoms with Gasteiger partial charge in [0.05, 0.1) is 25.3 Å². The summed E-state index contributed by atoms with van der Waals surface area (Å²) in [6.45, 7) is 5.55. The second kappa shape index (κ2) is 14.1. The fourth-order valence-electron chi connectivity index (χ4n) is 5.29. The molecule has 3 amide bonds. The molecule has 1 aliphatic rings. The average molecular weight is 667 g/mol. The summed E-state index contributed by atoms with van der Waals surface area (Å²) in [5.41, 5.74) is 2.83. The van der Waals surface area contributed by atoms with Gasteiger partial charge in [0, 0.05) is 41.0 Å². The SMILES string of the molecule is COC(=O)Nc1ccc(-c2nc([C@H](CC(=O)N3CCCC(C)(C)C3)NC(=O)/C=C/c3cc(Cl)ccc3-n3cnnn3)[nH]c2Cl)cc1. The number of ether oxygens (including phenoxy) is 1. The largest absolute Gasteiger partial charge is 0.453 e. The van der Waals surface area contributed by atoms with Gasteiger partial charge in [0.2, 0.25) is 11.8 Å². The van der Waals surface area contributed by atoms with Crippen molar-refractivity contribution in [3.05, 3.63) is 76.4 Å². The highest BCUT2D eigenvalue weighted by atomic mass is 35.5. The number of H-pyrrole nitrogens is 1. The Kier molecular flexibility index (Phi) is 10.0. The summed E-state index contributed by atoms with van der Waals surface area (Å²) < 4.78 is 6.09. The highest BCUT2D eigenvalue weighted by Gasteiger charge is 2.31. The molecule has 0 bridgehead atoms. The van der Waals surface area contributed by atoms with Crippen LogP contribution in [0.15, 0.2) is 54.9 Å². The minimum absolute atomic E-state index is 0.000279. The lowest BCUT2D eigenvalue weighted by Gasteiger charge is -2.38. The molecule has 13 nitrogen and oxygen atoms in total. The van der Waals surface area contributed by atoms with Crippen molar-refractivity contribution in [2.45, 2.75) is 39.2 Å². The number of hydrogen-bond acceptors (Lipinski definition) is 8. The van der Waals surface area contributed by atoms with Crippen molar-refractivity contribution in [1.82, 2.24) is 40.4 Å². The molecular formula is C31H33Cl2N9O4. The molecule has 0 unspecified atom stereocenters. The van der Waals surface area contributed by atoms with Crippen LogP contribution in [0.1, 0.15) is 50.5 Å². The molecule has 2 aromatic heterocycles. The zero-order valence-electron chi connectivity index (χ0n) is 25.5. The maximum absolute atomic E-state index is 13.6. The van der Waals surface area contributed by atoms with E-state index in [0.29, 0.717) is 52.1 Å². The molecule has 4 aromatic rings. The van der Waals surface area contributed by atoms with Crippen LogP contribution in [-0.2, 0) is 14.3 Å². The van der Waals surface area contributed by atoms with Crippen molar-refractivity contribution in [1.29, 1.82) is 0 Å². The second-order valence-corrected chi connectivity index (χ2v) is 12.4. The highest BCUT2D eigenvalue weighted by molar-refractivity contribution is 6.32. The molecule has 0 spiro atoms. The van der Waals surface area contributed by atoms with E-state index in [-0.39, 0.29) is 22.9 Å². The van der Waals surface area contributed by atoms with E-state index >= 15 is 0 Å². The van der Waals surface area contributed by atoms with Crippen LogP contribution in [-0.4, -0.2) is 73.2 Å². The third kappa shape index (κ3) is 8.09. The molecule has 0 saturated carbocycles. The first-order valence-corrected chi connectivity index (χ1v) is 15.3. The molecule has 46 heavy (non-hydrogen) atoms. The van der Waals surface area contributed by atoms with Crippen molar-refractivity contribution in [2.24, 2.45) is 5.41 Å². The number of aromatic nitrogens is 6. The normalized spacial score (nSPS) is 15.0. The molecule has 15 heteroatoms. The zero-order chi connectivity index (χ0) is 32.8. The van der Waals surface area contributed by atoms with Crippen molar-refractivity contribution < 1.29 is 19.1 Å². The van der Waals surface area contributed by atoms with E-state index in [2.05, 4.69) is 49.7 Å². The number of hydrogen-bond donors (Lipinski definition) is 3. The van der Waals surface area contributed by atoms with Crippen LogP contribution >= 0.6 is 23.2 Å². The topological polar surface area (TPSA) is 160 Å². The number of piperidine rings is 1. The lowest BCUT2D eigenvalue weighted by molar-refractivity contribution is -0.135. The molecule has 1 aliphatic heterocycles. The summed E-state index contributed by atoms with van der Waals surface area (Å²) in [6, 6.07) is 11.1. The fraction of sp³-hybridized carbons (Fsp3) is 0.323. The number of halogens is 2. The molecule has 3 N–H and O–H groups in total. The van der Waals surface area contributed by atoms with Gasteiger partial charge in [-0.1, -0.05) is 49.2 Å². The zero-order valence-corrected chi connectivity index (χ0v) is 27.0. The first-order valence-electron chi connectivity index (χ1n) is 14.5. The number of rotatable bonds is 9. The summed E-state index contributed by atoms with van der Waals surface area (Å²) in [4.78, 5) is 48.0. The number of anilines is 1. The smallest absolute Gasteiger partial charge is 0.411 e. The van der Waals surface area contributed by atoms with Crippen molar-refractivity contribution in [3.8, 4) is 16.9 Å². The van der Waals surface area contributed by atoms with Crippen LogP contribution in [0.5, 0.6) is 0 Å². The van der Waals surface area contributed by atoms with Crippen molar-refractivity contribution in [3.63, 3.8) is 0 Å². The lowest BCUT2D eigenvalue weighted by Crippen LogP contribution is -2.45. The van der Waals surface area contributed by atoms with Crippen molar-refractivity contribution >= 4 is 52.9 Å². The van der Waals surface area contributed by atoms with E-state index in [0.717, 1.165) is 12.8 Å². The van der Waals surface area contributed by atoms with Gasteiger partial charge >= 0.3 is 6.09 Å². The van der Waals surface area contributed by atoms with Gasteiger partial charge in [-0.2, -0.15) is 4.68 Å². The number of methoxy groups -OCH3 is 1. The van der Waals surface area contributed by atoms with Gasteiger partial charge in [0.1, 0.15) is 23.0 Å². The minimum Gasteiger partial charge on any atom is -0.453 e. The molecule has 2 aromatic carbocycles. The van der Waals surface area contributed by atoms with Crippen LogP contribution in [0.4, 0.5) is 10.5 Å². The van der Waals surface area contributed by atoms with Gasteiger partial charge in [-0.15, -0.1) is 5.10 Å². The van der Waals surface area contributed by atoms with Crippen LogP contribution in [0.3, 0.4) is 0 Å². The van der Waals surface area contributed by atoms with Crippen LogP contribution < -0.4 is 10.6 Å². The summed E-state index contributed by atoms with van der Waals surface area (Å²) in [6.07, 6.45) is 5.68. The monoisotopic (exact) mass is 665 g/mol. The maximum Gasteiger partial charge on any atom is 0.411 e. The standard InChI is InChI=1S/C31H33Cl2N9O4/c1-31(2)13-4-14-41(17-31)26(44)16-23(29-37-27(28(33)38-29)19-5-9-22(10-6-19)35-30(45)46-3)36-25(43)12-7-20-15-21(32)8-11-24(20)42-18-34-39-40-42/h5-12,15,18,23H,4,13-14,16-17H2,1-3H3,(H,35,45)(H,36,43)(H,37,38)/b12-7+/t23-/m0/s1. The maximum atomic E-state index is 13.6. The Morgan fingerprint density at radius 1 is 1.15 bits per heavy atom. The molecule has 240 valence electrons. The second-order valence-electron chi connectivity index (χ2n) is 11.6. The number of carbonyl (C=O) groups excluding carboxylic acids is 3.